The summed E-state index contributed by atoms with van der Waals surface area (Å²) in [5, 5.41) is 17.2. The Hall–Kier alpha value is -0.444. The second-order valence-corrected chi connectivity index (χ2v) is 2.87. The van der Waals surface area contributed by atoms with Gasteiger partial charge >= 0.3 is 57.4 Å². The molecular formula is C11H10KNO2. The monoisotopic (exact) mass is 227 g/mol. The van der Waals surface area contributed by atoms with Crippen molar-refractivity contribution in [3.05, 3.63) is 41.5 Å². The van der Waals surface area contributed by atoms with Gasteiger partial charge in [-0.15, -0.1) is 0 Å². The molecule has 0 fully saturated rings. The molecule has 0 aliphatic carbocycles. The van der Waals surface area contributed by atoms with E-state index in [1.807, 2.05) is 25.1 Å². The number of hydrogen-bond acceptors (Lipinski definition) is 2. The van der Waals surface area contributed by atoms with Crippen molar-refractivity contribution < 1.29 is 9.90 Å². The number of nitriles is 1. The number of carboxylic acids is 1. The zero-order valence-electron chi connectivity index (χ0n) is 7.69. The first-order valence-electron chi connectivity index (χ1n) is 4.05. The topological polar surface area (TPSA) is 61.1 Å². The fourth-order valence-electron chi connectivity index (χ4n) is 1.04. The number of hydrogen-bond donors (Lipinski definition) is 1. The Morgan fingerprint density at radius 1 is 1.40 bits per heavy atom. The van der Waals surface area contributed by atoms with Gasteiger partial charge in [-0.05, 0) is 12.5 Å². The van der Waals surface area contributed by atoms with E-state index in [0.717, 1.165) is 11.6 Å². The van der Waals surface area contributed by atoms with Gasteiger partial charge < -0.3 is 5.11 Å². The maximum atomic E-state index is 10.4. The fourth-order valence-corrected chi connectivity index (χ4v) is 1.04. The Bertz CT molecular complexity index is 415. The molecule has 0 radical (unpaired) electrons. The van der Waals surface area contributed by atoms with E-state index in [1.54, 1.807) is 12.1 Å². The number of aliphatic carboxylic acids is 1. The average Bonchev–Trinajstić information content (AvgIpc) is 2.15. The molecule has 4 heteroatoms. The summed E-state index contributed by atoms with van der Waals surface area (Å²) in [6.07, 6.45) is 0.907. The van der Waals surface area contributed by atoms with Gasteiger partial charge in [0.15, 0.2) is 0 Å². The van der Waals surface area contributed by atoms with Crippen LogP contribution in [0.3, 0.4) is 0 Å². The molecule has 1 N–H and O–H groups in total. The summed E-state index contributed by atoms with van der Waals surface area (Å²) in [6, 6.07) is 8.98. The van der Waals surface area contributed by atoms with Crippen molar-refractivity contribution in [1.29, 1.82) is 5.26 Å². The quantitative estimate of drug-likeness (QED) is 0.471. The summed E-state index contributed by atoms with van der Waals surface area (Å²) in [5.74, 6) is -1.11. The van der Waals surface area contributed by atoms with E-state index in [0.29, 0.717) is 5.56 Å². The summed E-state index contributed by atoms with van der Waals surface area (Å²) >= 11 is 0. The first kappa shape index (κ1) is 14.6. The summed E-state index contributed by atoms with van der Waals surface area (Å²) in [6.45, 7) is 1.93. The molecule has 0 saturated heterocycles. The molecule has 0 unspecified atom stereocenters. The van der Waals surface area contributed by atoms with Crippen LogP contribution in [0.2, 0.25) is 0 Å². The molecule has 0 aliphatic heterocycles. The maximum absolute atomic E-state index is 10.4. The van der Waals surface area contributed by atoms with Gasteiger partial charge in [0.25, 0.3) is 0 Å². The normalized spacial score (nSPS) is 10.0. The first-order valence-corrected chi connectivity index (χ1v) is 4.05. The van der Waals surface area contributed by atoms with Gasteiger partial charge in [0.05, 0.1) is 5.57 Å². The second-order valence-electron chi connectivity index (χ2n) is 2.87. The van der Waals surface area contributed by atoms with Crippen molar-refractivity contribution in [2.24, 2.45) is 0 Å². The Balaban J connectivity index is 0.00000196. The number of allylic oxidation sites excluding steroid dienone is 1. The number of carboxylic acid groups (broad SMARTS) is 1. The van der Waals surface area contributed by atoms with E-state index in [1.165, 1.54) is 0 Å². The van der Waals surface area contributed by atoms with Crippen molar-refractivity contribution in [1.82, 2.24) is 0 Å². The number of aryl methyl sites for hydroxylation is 1. The van der Waals surface area contributed by atoms with E-state index in [2.05, 4.69) is 0 Å². The molecule has 15 heavy (non-hydrogen) atoms. The van der Waals surface area contributed by atoms with Crippen LogP contribution in [0.5, 0.6) is 0 Å². The predicted octanol–water partition coefficient (Wildman–Crippen LogP) is 1.34. The van der Waals surface area contributed by atoms with E-state index in [9.17, 15) is 4.79 Å². The minimum atomic E-state index is -1.11. The van der Waals surface area contributed by atoms with Crippen molar-refractivity contribution in [3.63, 3.8) is 0 Å². The molecule has 0 spiro atoms. The van der Waals surface area contributed by atoms with Crippen LogP contribution in [0.4, 0.5) is 0 Å². The molecule has 0 aromatic heterocycles. The number of carbonyl (C=O) groups is 1. The molecule has 0 saturated carbocycles. The van der Waals surface area contributed by atoms with Crippen LogP contribution in [0.1, 0.15) is 11.1 Å². The molecule has 72 valence electrons. The van der Waals surface area contributed by atoms with Gasteiger partial charge in [0, 0.05) is 6.08 Å². The zero-order chi connectivity index (χ0) is 10.6. The molecule has 0 bridgehead atoms. The second kappa shape index (κ2) is 6.93. The summed E-state index contributed by atoms with van der Waals surface area (Å²) in [7, 11) is 0. The third kappa shape index (κ3) is 4.73. The molecule has 0 aliphatic rings. The molecule has 1 aromatic carbocycles. The Morgan fingerprint density at radius 2 is 1.93 bits per heavy atom. The number of nitrogens with zero attached hydrogens (tertiary/aromatic N) is 1. The average molecular weight is 227 g/mol. The zero-order valence-corrected chi connectivity index (χ0v) is 7.69. The van der Waals surface area contributed by atoms with Gasteiger partial charge in [0.1, 0.15) is 6.07 Å². The Labute approximate surface area is 131 Å². The van der Waals surface area contributed by atoms with Crippen LogP contribution >= 0.6 is 0 Å². The van der Waals surface area contributed by atoms with E-state index in [-0.39, 0.29) is 57.0 Å². The van der Waals surface area contributed by atoms with Gasteiger partial charge in [-0.1, -0.05) is 29.8 Å². The first-order chi connectivity index (χ1) is 6.63. The van der Waals surface area contributed by atoms with Crippen LogP contribution in [0, 0.1) is 18.3 Å². The SMILES string of the molecule is Cc1ccc(/C(C#N)=C/C(=O)O)cc1.[KH]. The van der Waals surface area contributed by atoms with Crippen LogP contribution in [-0.2, 0) is 4.79 Å². The van der Waals surface area contributed by atoms with Crippen LogP contribution in [0.25, 0.3) is 5.57 Å². The van der Waals surface area contributed by atoms with Gasteiger partial charge in [-0.3, -0.25) is 0 Å². The third-order valence-electron chi connectivity index (χ3n) is 1.75. The van der Waals surface area contributed by atoms with Crippen LogP contribution < -0.4 is 0 Å². The number of rotatable bonds is 2. The van der Waals surface area contributed by atoms with Crippen LogP contribution in [-0.4, -0.2) is 62.5 Å². The molecular weight excluding hydrogens is 217 g/mol. The minimum absolute atomic E-state index is 0. The molecule has 1 aromatic rings. The van der Waals surface area contributed by atoms with Gasteiger partial charge in [-0.25, -0.2) is 4.79 Å². The van der Waals surface area contributed by atoms with Crippen molar-refractivity contribution >= 4 is 62.9 Å². The van der Waals surface area contributed by atoms with Crippen molar-refractivity contribution in [2.45, 2.75) is 6.92 Å². The third-order valence-corrected chi connectivity index (χ3v) is 1.75. The van der Waals surface area contributed by atoms with E-state index in [4.69, 9.17) is 10.4 Å². The van der Waals surface area contributed by atoms with Gasteiger partial charge in [-0.2, -0.15) is 5.26 Å². The van der Waals surface area contributed by atoms with E-state index >= 15 is 0 Å². The molecule has 0 amide bonds. The standard InChI is InChI=1S/C11H9NO2.K.H/c1-8-2-4-9(5-3-8)10(7-12)6-11(13)14;;/h2-6H,1H3,(H,13,14);;/b10-6+;;. The van der Waals surface area contributed by atoms with Crippen LogP contribution in [0.15, 0.2) is 30.3 Å². The van der Waals surface area contributed by atoms with Gasteiger partial charge in [0.2, 0.25) is 0 Å². The summed E-state index contributed by atoms with van der Waals surface area (Å²) in [4.78, 5) is 10.4. The summed E-state index contributed by atoms with van der Waals surface area (Å²) < 4.78 is 0. The summed E-state index contributed by atoms with van der Waals surface area (Å²) in [5.41, 5.74) is 1.86. The molecule has 3 nitrogen and oxygen atoms in total. The fraction of sp³-hybridized carbons (Fsp3) is 0.0909. The van der Waals surface area contributed by atoms with Crippen molar-refractivity contribution in [3.8, 4) is 6.07 Å². The number of benzene rings is 1. The Kier molecular flexibility index (Phi) is 6.73. The van der Waals surface area contributed by atoms with E-state index < -0.39 is 5.97 Å². The molecule has 0 heterocycles. The Morgan fingerprint density at radius 3 is 2.33 bits per heavy atom. The molecule has 1 rings (SSSR count). The predicted molar refractivity (Wildman–Crippen MR) is 59.6 cm³/mol. The van der Waals surface area contributed by atoms with Crippen molar-refractivity contribution in [2.75, 3.05) is 0 Å². The molecule has 0 atom stereocenters.